The number of hydrogen-bond acceptors (Lipinski definition) is 5. The largest absolute Gasteiger partial charge is 0.289 e. The third-order valence-electron chi connectivity index (χ3n) is 4.75. The van der Waals surface area contributed by atoms with E-state index < -0.39 is 23.8 Å². The Labute approximate surface area is 188 Å². The van der Waals surface area contributed by atoms with Crippen molar-refractivity contribution < 1.29 is 19.6 Å². The van der Waals surface area contributed by atoms with Crippen LogP contribution in [0.1, 0.15) is 45.6 Å². The smallest absolute Gasteiger partial charge is 0.268 e. The predicted molar refractivity (Wildman–Crippen MR) is 122 cm³/mol. The van der Waals surface area contributed by atoms with Gasteiger partial charge in [-0.1, -0.05) is 62.4 Å². The lowest BCUT2D eigenvalue weighted by atomic mass is 10.1. The first kappa shape index (κ1) is 24.7. The van der Waals surface area contributed by atoms with Crippen molar-refractivity contribution in [3.8, 4) is 0 Å². The van der Waals surface area contributed by atoms with E-state index >= 15 is 0 Å². The first-order chi connectivity index (χ1) is 15.3. The molecule has 3 amide bonds. The molecule has 0 radical (unpaired) electrons. The summed E-state index contributed by atoms with van der Waals surface area (Å²) in [5.74, 6) is -1.24. The number of hydroxylamine groups is 1. The zero-order valence-corrected chi connectivity index (χ0v) is 18.6. The van der Waals surface area contributed by atoms with Gasteiger partial charge in [0.1, 0.15) is 6.04 Å². The fourth-order valence-corrected chi connectivity index (χ4v) is 3.14. The van der Waals surface area contributed by atoms with Gasteiger partial charge in [-0.25, -0.2) is 15.5 Å². The summed E-state index contributed by atoms with van der Waals surface area (Å²) in [6.45, 7) is 5.27. The van der Waals surface area contributed by atoms with E-state index in [2.05, 4.69) is 4.98 Å². The van der Waals surface area contributed by atoms with Gasteiger partial charge in [0, 0.05) is 19.5 Å². The van der Waals surface area contributed by atoms with Crippen LogP contribution in [0.2, 0.25) is 0 Å². The Bertz CT molecular complexity index is 916. The van der Waals surface area contributed by atoms with Crippen LogP contribution in [0, 0.1) is 5.92 Å². The van der Waals surface area contributed by atoms with Crippen molar-refractivity contribution in [3.63, 3.8) is 0 Å². The molecule has 8 nitrogen and oxygen atoms in total. The summed E-state index contributed by atoms with van der Waals surface area (Å²) in [6.07, 6.45) is 5.83. The quantitative estimate of drug-likeness (QED) is 0.460. The van der Waals surface area contributed by atoms with Gasteiger partial charge < -0.3 is 0 Å². The van der Waals surface area contributed by atoms with Gasteiger partial charge in [-0.05, 0) is 36.5 Å². The van der Waals surface area contributed by atoms with E-state index in [1.807, 2.05) is 50.3 Å². The standard InChI is InChI=1S/C24H30N4O4/c1-18(2)15-16-23(30)28(27(19(3)29)22-14-7-8-17-25-22)21(24(31)26-32)13-9-12-20-10-5-4-6-11-20/h4-12,14,17-18,21,32H,13,15-16H2,1-3H3,(H,26,31)/t21-/m0/s1. The van der Waals surface area contributed by atoms with Gasteiger partial charge in [0.05, 0.1) is 0 Å². The molecule has 0 saturated carbocycles. The highest BCUT2D eigenvalue weighted by atomic mass is 16.5. The molecule has 1 aromatic heterocycles. The van der Waals surface area contributed by atoms with Crippen LogP contribution in [-0.2, 0) is 14.4 Å². The predicted octanol–water partition coefficient (Wildman–Crippen LogP) is 3.59. The highest BCUT2D eigenvalue weighted by Crippen LogP contribution is 2.21. The fourth-order valence-electron chi connectivity index (χ4n) is 3.14. The second-order valence-electron chi connectivity index (χ2n) is 7.73. The number of rotatable bonds is 9. The molecular weight excluding hydrogens is 408 g/mol. The summed E-state index contributed by atoms with van der Waals surface area (Å²) in [4.78, 5) is 42.7. The first-order valence-electron chi connectivity index (χ1n) is 10.5. The lowest BCUT2D eigenvalue weighted by Crippen LogP contribution is -2.59. The molecule has 0 unspecified atom stereocenters. The molecule has 1 atom stereocenters. The monoisotopic (exact) mass is 438 g/mol. The maximum atomic E-state index is 13.3. The van der Waals surface area contributed by atoms with Gasteiger partial charge in [-0.3, -0.25) is 19.6 Å². The Hall–Kier alpha value is -3.52. The number of carbonyl (C=O) groups is 3. The normalized spacial score (nSPS) is 11.9. The van der Waals surface area contributed by atoms with E-state index in [1.165, 1.54) is 13.1 Å². The highest BCUT2D eigenvalue weighted by Gasteiger charge is 2.36. The van der Waals surface area contributed by atoms with Gasteiger partial charge in [-0.15, -0.1) is 0 Å². The lowest BCUT2D eigenvalue weighted by molar-refractivity contribution is -0.147. The van der Waals surface area contributed by atoms with Crippen molar-refractivity contribution in [1.82, 2.24) is 15.5 Å². The van der Waals surface area contributed by atoms with Crippen molar-refractivity contribution in [2.45, 2.75) is 46.1 Å². The Balaban J connectivity index is 2.45. The van der Waals surface area contributed by atoms with Crippen molar-refractivity contribution in [2.75, 3.05) is 5.01 Å². The molecular formula is C24H30N4O4. The van der Waals surface area contributed by atoms with E-state index in [1.54, 1.807) is 29.8 Å². The molecule has 0 bridgehead atoms. The Morgan fingerprint density at radius 3 is 2.34 bits per heavy atom. The Kier molecular flexibility index (Phi) is 9.56. The second-order valence-corrected chi connectivity index (χ2v) is 7.73. The van der Waals surface area contributed by atoms with E-state index in [0.29, 0.717) is 6.42 Å². The van der Waals surface area contributed by atoms with Crippen LogP contribution in [0.5, 0.6) is 0 Å². The SMILES string of the molecule is CC(=O)N(c1ccccn1)N(C(=O)CCC(C)C)[C@@H](CC=Cc1ccccc1)C(=O)NO. The molecule has 1 heterocycles. The minimum absolute atomic E-state index is 0.0747. The number of amides is 3. The number of hydrogen-bond donors (Lipinski definition) is 2. The van der Waals surface area contributed by atoms with Gasteiger partial charge in [0.2, 0.25) is 11.8 Å². The number of nitrogens with one attached hydrogen (secondary N) is 1. The number of nitrogens with zero attached hydrogens (tertiary/aromatic N) is 3. The molecule has 0 aliphatic heterocycles. The average molecular weight is 439 g/mol. The molecule has 170 valence electrons. The third kappa shape index (κ3) is 7.02. The van der Waals surface area contributed by atoms with Crippen molar-refractivity contribution in [1.29, 1.82) is 0 Å². The van der Waals surface area contributed by atoms with Crippen LogP contribution >= 0.6 is 0 Å². The van der Waals surface area contributed by atoms with Gasteiger partial charge in [-0.2, -0.15) is 5.01 Å². The number of hydrazine groups is 1. The number of benzene rings is 1. The van der Waals surface area contributed by atoms with Gasteiger partial charge in [0.15, 0.2) is 5.82 Å². The lowest BCUT2D eigenvalue weighted by Gasteiger charge is -2.37. The first-order valence-corrected chi connectivity index (χ1v) is 10.5. The molecule has 0 aliphatic rings. The summed E-state index contributed by atoms with van der Waals surface area (Å²) in [7, 11) is 0. The molecule has 0 spiro atoms. The molecule has 0 fully saturated rings. The maximum absolute atomic E-state index is 13.3. The average Bonchev–Trinajstić information content (AvgIpc) is 2.79. The molecule has 2 rings (SSSR count). The molecule has 2 aromatic rings. The summed E-state index contributed by atoms with van der Waals surface area (Å²) in [5.41, 5.74) is 2.55. The molecule has 2 N–H and O–H groups in total. The van der Waals surface area contributed by atoms with Gasteiger partial charge in [0.25, 0.3) is 5.91 Å². The zero-order valence-electron chi connectivity index (χ0n) is 18.6. The molecule has 0 saturated heterocycles. The number of aromatic nitrogens is 1. The summed E-state index contributed by atoms with van der Waals surface area (Å²) in [5, 5.41) is 11.6. The fraction of sp³-hybridized carbons (Fsp3) is 0.333. The minimum Gasteiger partial charge on any atom is -0.289 e. The van der Waals surface area contributed by atoms with Crippen LogP contribution in [0.4, 0.5) is 5.82 Å². The minimum atomic E-state index is -1.16. The molecule has 1 aromatic carbocycles. The summed E-state index contributed by atoms with van der Waals surface area (Å²) < 4.78 is 0. The molecule has 8 heteroatoms. The third-order valence-corrected chi connectivity index (χ3v) is 4.75. The number of anilines is 1. The van der Waals surface area contributed by atoms with Gasteiger partial charge >= 0.3 is 0 Å². The summed E-state index contributed by atoms with van der Waals surface area (Å²) in [6, 6.07) is 13.3. The van der Waals surface area contributed by atoms with Crippen LogP contribution in [0.3, 0.4) is 0 Å². The highest BCUT2D eigenvalue weighted by molar-refractivity contribution is 5.97. The van der Waals surface area contributed by atoms with Crippen LogP contribution in [-0.4, -0.2) is 39.0 Å². The Morgan fingerprint density at radius 2 is 1.78 bits per heavy atom. The zero-order chi connectivity index (χ0) is 23.5. The van der Waals surface area contributed by atoms with Crippen LogP contribution < -0.4 is 10.5 Å². The van der Waals surface area contributed by atoms with Crippen LogP contribution in [0.25, 0.3) is 6.08 Å². The second kappa shape index (κ2) is 12.4. The van der Waals surface area contributed by atoms with E-state index in [-0.39, 0.29) is 24.6 Å². The maximum Gasteiger partial charge on any atom is 0.268 e. The number of pyridine rings is 1. The van der Waals surface area contributed by atoms with Crippen molar-refractivity contribution in [2.24, 2.45) is 5.92 Å². The van der Waals surface area contributed by atoms with E-state index in [4.69, 9.17) is 0 Å². The van der Waals surface area contributed by atoms with Crippen molar-refractivity contribution >= 4 is 29.6 Å². The van der Waals surface area contributed by atoms with E-state index in [0.717, 1.165) is 15.6 Å². The topological polar surface area (TPSA) is 103 Å². The summed E-state index contributed by atoms with van der Waals surface area (Å²) >= 11 is 0. The molecule has 32 heavy (non-hydrogen) atoms. The Morgan fingerprint density at radius 1 is 1.09 bits per heavy atom. The van der Waals surface area contributed by atoms with Crippen LogP contribution in [0.15, 0.2) is 60.8 Å². The number of carbonyl (C=O) groups excluding carboxylic acids is 3. The molecule has 0 aliphatic carbocycles. The van der Waals surface area contributed by atoms with E-state index in [9.17, 15) is 19.6 Å². The van der Waals surface area contributed by atoms with Crippen molar-refractivity contribution in [3.05, 3.63) is 66.4 Å².